The highest BCUT2D eigenvalue weighted by Crippen LogP contribution is 2.30. The van der Waals surface area contributed by atoms with Crippen molar-refractivity contribution in [1.82, 2.24) is 0 Å². The molecule has 0 aromatic carbocycles. The van der Waals surface area contributed by atoms with Crippen molar-refractivity contribution in [3.8, 4) is 0 Å². The van der Waals surface area contributed by atoms with Crippen LogP contribution in [0.2, 0.25) is 0 Å². The Morgan fingerprint density at radius 2 is 2.45 bits per heavy atom. The van der Waals surface area contributed by atoms with Crippen LogP contribution in [-0.2, 0) is 4.74 Å². The van der Waals surface area contributed by atoms with E-state index in [1.54, 1.807) is 7.11 Å². The molecule has 0 aliphatic carbocycles. The molecule has 0 fully saturated rings. The Balaban J connectivity index is 2.65. The van der Waals surface area contributed by atoms with Gasteiger partial charge in [-0.25, -0.2) is 0 Å². The first-order chi connectivity index (χ1) is 5.27. The molecule has 0 amide bonds. The predicted molar refractivity (Wildman–Crippen MR) is 50.8 cm³/mol. The summed E-state index contributed by atoms with van der Waals surface area (Å²) in [4.78, 5) is 1.40. The maximum Gasteiger partial charge on any atom is 0.0705 e. The topological polar surface area (TPSA) is 9.23 Å². The predicted octanol–water partition coefficient (Wildman–Crippen LogP) is 2.60. The molecule has 0 saturated carbocycles. The molecule has 1 heterocycles. The van der Waals surface area contributed by atoms with Crippen LogP contribution in [-0.4, -0.2) is 19.0 Å². The normalized spacial score (nSPS) is 25.5. The van der Waals surface area contributed by atoms with Gasteiger partial charge in [0.2, 0.25) is 0 Å². The maximum atomic E-state index is 5.27. The van der Waals surface area contributed by atoms with Gasteiger partial charge in [0.25, 0.3) is 0 Å². The number of rotatable bonds is 2. The van der Waals surface area contributed by atoms with E-state index in [0.717, 1.165) is 12.2 Å². The minimum atomic E-state index is 0.386. The van der Waals surface area contributed by atoms with Crippen molar-refractivity contribution in [1.29, 1.82) is 0 Å². The zero-order valence-electron chi connectivity index (χ0n) is 7.09. The number of ether oxygens (including phenoxy) is 1. The smallest absolute Gasteiger partial charge is 0.0705 e. The van der Waals surface area contributed by atoms with Crippen LogP contribution in [0, 0.1) is 0 Å². The van der Waals surface area contributed by atoms with Gasteiger partial charge in [-0.1, -0.05) is 12.7 Å². The summed E-state index contributed by atoms with van der Waals surface area (Å²) >= 11 is 1.87. The summed E-state index contributed by atoms with van der Waals surface area (Å²) in [6.07, 6.45) is 3.35. The third-order valence-electron chi connectivity index (χ3n) is 1.97. The van der Waals surface area contributed by atoms with Crippen LogP contribution in [0.15, 0.2) is 23.1 Å². The first-order valence-corrected chi connectivity index (χ1v) is 4.74. The van der Waals surface area contributed by atoms with Crippen molar-refractivity contribution in [3.63, 3.8) is 0 Å². The summed E-state index contributed by atoms with van der Waals surface area (Å²) in [5, 5.41) is 0. The van der Waals surface area contributed by atoms with E-state index < -0.39 is 0 Å². The van der Waals surface area contributed by atoms with Crippen molar-refractivity contribution < 1.29 is 4.74 Å². The SMILES string of the molecule is C=CC1=C(C)SCC(OC)C1. The highest BCUT2D eigenvalue weighted by molar-refractivity contribution is 8.03. The molecule has 0 spiro atoms. The van der Waals surface area contributed by atoms with E-state index in [0.29, 0.717) is 6.10 Å². The van der Waals surface area contributed by atoms with Crippen molar-refractivity contribution >= 4 is 11.8 Å². The Bertz CT molecular complexity index is 184. The van der Waals surface area contributed by atoms with Crippen molar-refractivity contribution in [2.45, 2.75) is 19.4 Å². The van der Waals surface area contributed by atoms with Crippen LogP contribution in [0.4, 0.5) is 0 Å². The second-order valence-corrected chi connectivity index (χ2v) is 3.89. The van der Waals surface area contributed by atoms with Crippen LogP contribution in [0.5, 0.6) is 0 Å². The van der Waals surface area contributed by atoms with Gasteiger partial charge in [0.05, 0.1) is 6.10 Å². The summed E-state index contributed by atoms with van der Waals surface area (Å²) in [7, 11) is 1.77. The molecule has 62 valence electrons. The Morgan fingerprint density at radius 3 is 3.00 bits per heavy atom. The van der Waals surface area contributed by atoms with Gasteiger partial charge in [-0.05, 0) is 17.4 Å². The van der Waals surface area contributed by atoms with Crippen molar-refractivity contribution in [3.05, 3.63) is 23.1 Å². The fourth-order valence-corrected chi connectivity index (χ4v) is 2.18. The Labute approximate surface area is 72.5 Å². The molecular weight excluding hydrogens is 156 g/mol. The first-order valence-electron chi connectivity index (χ1n) is 3.75. The van der Waals surface area contributed by atoms with Crippen LogP contribution >= 0.6 is 11.8 Å². The lowest BCUT2D eigenvalue weighted by atomic mass is 10.1. The standard InChI is InChI=1S/C9H14OS/c1-4-8-5-9(10-3)6-11-7(8)2/h4,9H,1,5-6H2,2-3H3. The molecule has 1 atom stereocenters. The van der Waals surface area contributed by atoms with Gasteiger partial charge in [0, 0.05) is 19.3 Å². The van der Waals surface area contributed by atoms with E-state index in [9.17, 15) is 0 Å². The van der Waals surface area contributed by atoms with E-state index in [-0.39, 0.29) is 0 Å². The molecule has 0 saturated heterocycles. The zero-order valence-corrected chi connectivity index (χ0v) is 7.91. The Hall–Kier alpha value is -0.210. The molecule has 11 heavy (non-hydrogen) atoms. The minimum Gasteiger partial charge on any atom is -0.380 e. The summed E-state index contributed by atoms with van der Waals surface area (Å²) in [6.45, 7) is 5.92. The number of methoxy groups -OCH3 is 1. The zero-order chi connectivity index (χ0) is 8.27. The van der Waals surface area contributed by atoms with E-state index in [4.69, 9.17) is 4.74 Å². The van der Waals surface area contributed by atoms with E-state index in [1.807, 2.05) is 17.8 Å². The second-order valence-electron chi connectivity index (χ2n) is 2.66. The van der Waals surface area contributed by atoms with E-state index in [2.05, 4.69) is 13.5 Å². The van der Waals surface area contributed by atoms with Gasteiger partial charge in [0.15, 0.2) is 0 Å². The van der Waals surface area contributed by atoms with E-state index >= 15 is 0 Å². The maximum absolute atomic E-state index is 5.27. The summed E-state index contributed by atoms with van der Waals surface area (Å²) in [6, 6.07) is 0. The average molecular weight is 170 g/mol. The molecule has 0 radical (unpaired) electrons. The molecule has 0 aromatic heterocycles. The van der Waals surface area contributed by atoms with E-state index in [1.165, 1.54) is 10.5 Å². The highest BCUT2D eigenvalue weighted by atomic mass is 32.2. The molecule has 0 aromatic rings. The summed E-state index contributed by atoms with van der Waals surface area (Å²) in [5.74, 6) is 1.08. The number of hydrogen-bond donors (Lipinski definition) is 0. The van der Waals surface area contributed by atoms with Gasteiger partial charge >= 0.3 is 0 Å². The Kier molecular flexibility index (Phi) is 3.21. The van der Waals surface area contributed by atoms with Gasteiger partial charge < -0.3 is 4.74 Å². The minimum absolute atomic E-state index is 0.386. The molecule has 1 unspecified atom stereocenters. The highest BCUT2D eigenvalue weighted by Gasteiger charge is 2.16. The van der Waals surface area contributed by atoms with Crippen LogP contribution in [0.3, 0.4) is 0 Å². The third-order valence-corrected chi connectivity index (χ3v) is 3.20. The lowest BCUT2D eigenvalue weighted by molar-refractivity contribution is 0.122. The van der Waals surface area contributed by atoms with Gasteiger partial charge in [-0.15, -0.1) is 11.8 Å². The Morgan fingerprint density at radius 1 is 1.73 bits per heavy atom. The number of hydrogen-bond acceptors (Lipinski definition) is 2. The molecule has 1 aliphatic rings. The summed E-state index contributed by atoms with van der Waals surface area (Å²) < 4.78 is 5.27. The van der Waals surface area contributed by atoms with Gasteiger partial charge in [-0.2, -0.15) is 0 Å². The lowest BCUT2D eigenvalue weighted by Crippen LogP contribution is -2.17. The monoisotopic (exact) mass is 170 g/mol. The molecule has 1 rings (SSSR count). The van der Waals surface area contributed by atoms with Crippen molar-refractivity contribution in [2.75, 3.05) is 12.9 Å². The number of thioether (sulfide) groups is 1. The molecule has 0 bridgehead atoms. The number of allylic oxidation sites excluding steroid dienone is 2. The first kappa shape index (κ1) is 8.88. The molecule has 1 nitrogen and oxygen atoms in total. The van der Waals surface area contributed by atoms with Crippen LogP contribution in [0.25, 0.3) is 0 Å². The lowest BCUT2D eigenvalue weighted by Gasteiger charge is -2.22. The second kappa shape index (κ2) is 3.98. The fraction of sp³-hybridized carbons (Fsp3) is 0.556. The molecule has 0 N–H and O–H groups in total. The molecular formula is C9H14OS. The summed E-state index contributed by atoms with van der Waals surface area (Å²) in [5.41, 5.74) is 1.34. The largest absolute Gasteiger partial charge is 0.380 e. The molecule has 2 heteroatoms. The van der Waals surface area contributed by atoms with Crippen LogP contribution in [0.1, 0.15) is 13.3 Å². The molecule has 1 aliphatic heterocycles. The van der Waals surface area contributed by atoms with Gasteiger partial charge in [-0.3, -0.25) is 0 Å². The third kappa shape index (κ3) is 2.11. The van der Waals surface area contributed by atoms with Crippen LogP contribution < -0.4 is 0 Å². The quantitative estimate of drug-likeness (QED) is 0.630. The fourth-order valence-electron chi connectivity index (χ4n) is 1.14. The average Bonchev–Trinajstić information content (AvgIpc) is 2.05. The van der Waals surface area contributed by atoms with Gasteiger partial charge in [0.1, 0.15) is 0 Å². The van der Waals surface area contributed by atoms with Crippen molar-refractivity contribution in [2.24, 2.45) is 0 Å².